The zero-order valence-electron chi connectivity index (χ0n) is 12.0. The molecule has 0 saturated heterocycles. The van der Waals surface area contributed by atoms with Gasteiger partial charge in [0, 0.05) is 25.2 Å². The van der Waals surface area contributed by atoms with Gasteiger partial charge in [0.15, 0.2) is 0 Å². The molecule has 0 spiro atoms. The third-order valence-electron chi connectivity index (χ3n) is 3.97. The van der Waals surface area contributed by atoms with Crippen molar-refractivity contribution >= 4 is 5.57 Å². The Hall–Kier alpha value is -2.19. The van der Waals surface area contributed by atoms with Gasteiger partial charge >= 0.3 is 0 Å². The zero-order valence-corrected chi connectivity index (χ0v) is 12.0. The molecule has 106 valence electrons. The van der Waals surface area contributed by atoms with Crippen LogP contribution in [0.5, 0.6) is 0 Å². The first-order valence-corrected chi connectivity index (χ1v) is 7.06. The van der Waals surface area contributed by atoms with Crippen LogP contribution >= 0.6 is 0 Å². The lowest BCUT2D eigenvalue weighted by Crippen LogP contribution is -2.16. The molecule has 2 heteroatoms. The molecule has 0 atom stereocenters. The van der Waals surface area contributed by atoms with Gasteiger partial charge in [-0.3, -0.25) is 4.90 Å². The van der Waals surface area contributed by atoms with E-state index in [-0.39, 0.29) is 5.82 Å². The average Bonchev–Trinajstić information content (AvgIpc) is 2.90. The highest BCUT2D eigenvalue weighted by atomic mass is 19.1. The smallest absolute Gasteiger partial charge is 0.128 e. The summed E-state index contributed by atoms with van der Waals surface area (Å²) in [6.07, 6.45) is 1.64. The molecule has 0 amide bonds. The van der Waals surface area contributed by atoms with Gasteiger partial charge in [0.1, 0.15) is 5.82 Å². The second kappa shape index (κ2) is 5.66. The van der Waals surface area contributed by atoms with E-state index in [1.54, 1.807) is 12.1 Å². The summed E-state index contributed by atoms with van der Waals surface area (Å²) in [5, 5.41) is 0. The van der Waals surface area contributed by atoms with Gasteiger partial charge in [-0.15, -0.1) is 0 Å². The van der Waals surface area contributed by atoms with Crippen molar-refractivity contribution in [3.05, 3.63) is 89.8 Å². The maximum atomic E-state index is 14.2. The number of nitrogens with zero attached hydrogens (tertiary/aromatic N) is 1. The van der Waals surface area contributed by atoms with Crippen molar-refractivity contribution in [2.24, 2.45) is 0 Å². The second-order valence-corrected chi connectivity index (χ2v) is 5.45. The van der Waals surface area contributed by atoms with Crippen LogP contribution in [0.2, 0.25) is 0 Å². The number of hydrogen-bond donors (Lipinski definition) is 0. The van der Waals surface area contributed by atoms with E-state index in [1.807, 2.05) is 12.1 Å². The lowest BCUT2D eigenvalue weighted by Gasteiger charge is -2.16. The molecule has 0 radical (unpaired) electrons. The first-order chi connectivity index (χ1) is 10.2. The Balaban J connectivity index is 1.75. The topological polar surface area (TPSA) is 3.24 Å². The lowest BCUT2D eigenvalue weighted by molar-refractivity contribution is 0.271. The maximum absolute atomic E-state index is 14.2. The highest BCUT2D eigenvalue weighted by molar-refractivity contribution is 5.71. The van der Waals surface area contributed by atoms with Gasteiger partial charge in [0.25, 0.3) is 0 Å². The molecule has 0 N–H and O–H groups in total. The molecule has 3 rings (SSSR count). The van der Waals surface area contributed by atoms with Crippen LogP contribution in [0.15, 0.2) is 61.7 Å². The van der Waals surface area contributed by atoms with Gasteiger partial charge in [-0.1, -0.05) is 55.6 Å². The summed E-state index contributed by atoms with van der Waals surface area (Å²) in [6.45, 7) is 9.91. The van der Waals surface area contributed by atoms with Crippen molar-refractivity contribution in [3.8, 4) is 0 Å². The summed E-state index contributed by atoms with van der Waals surface area (Å²) in [7, 11) is 0. The van der Waals surface area contributed by atoms with Crippen molar-refractivity contribution in [3.63, 3.8) is 0 Å². The van der Waals surface area contributed by atoms with Crippen LogP contribution in [-0.2, 0) is 19.6 Å². The van der Waals surface area contributed by atoms with Crippen LogP contribution in [0, 0.1) is 5.82 Å². The minimum absolute atomic E-state index is 0.175. The van der Waals surface area contributed by atoms with E-state index in [1.165, 1.54) is 11.1 Å². The Morgan fingerprint density at radius 1 is 1.14 bits per heavy atom. The maximum Gasteiger partial charge on any atom is 0.128 e. The quantitative estimate of drug-likeness (QED) is 0.743. The van der Waals surface area contributed by atoms with E-state index in [4.69, 9.17) is 0 Å². The standard InChI is InChI=1S/C19H18FN/c1-3-14(2)15-8-9-18(19(20)10-15)13-21-11-16-6-4-5-7-17(16)12-21/h3-10H,1-2,11-13H2. The molecule has 0 aliphatic carbocycles. The lowest BCUT2D eigenvalue weighted by atomic mass is 10.0. The predicted molar refractivity (Wildman–Crippen MR) is 85.0 cm³/mol. The molecule has 1 nitrogen and oxygen atoms in total. The van der Waals surface area contributed by atoms with E-state index in [2.05, 4.69) is 42.3 Å². The minimum Gasteiger partial charge on any atom is -0.290 e. The molecule has 0 bridgehead atoms. The van der Waals surface area contributed by atoms with Crippen LogP contribution in [0.3, 0.4) is 0 Å². The fourth-order valence-electron chi connectivity index (χ4n) is 2.75. The Morgan fingerprint density at radius 2 is 1.81 bits per heavy atom. The Labute approximate surface area is 125 Å². The molecule has 2 aromatic carbocycles. The monoisotopic (exact) mass is 279 g/mol. The van der Waals surface area contributed by atoms with Gasteiger partial charge in [-0.2, -0.15) is 0 Å². The molecule has 21 heavy (non-hydrogen) atoms. The van der Waals surface area contributed by atoms with Gasteiger partial charge in [-0.25, -0.2) is 4.39 Å². The van der Waals surface area contributed by atoms with E-state index >= 15 is 0 Å². The number of benzene rings is 2. The van der Waals surface area contributed by atoms with E-state index in [9.17, 15) is 4.39 Å². The number of fused-ring (bicyclic) bond motifs is 1. The molecular formula is C19H18FN. The molecule has 0 unspecified atom stereocenters. The van der Waals surface area contributed by atoms with Crippen molar-refractivity contribution in [1.29, 1.82) is 0 Å². The largest absolute Gasteiger partial charge is 0.290 e. The highest BCUT2D eigenvalue weighted by Gasteiger charge is 2.19. The summed E-state index contributed by atoms with van der Waals surface area (Å²) in [4.78, 5) is 2.26. The van der Waals surface area contributed by atoms with Crippen LogP contribution in [-0.4, -0.2) is 4.90 Å². The molecule has 0 saturated carbocycles. The van der Waals surface area contributed by atoms with Crippen LogP contribution in [0.25, 0.3) is 5.57 Å². The first-order valence-electron chi connectivity index (χ1n) is 7.06. The molecular weight excluding hydrogens is 261 g/mol. The Bertz CT molecular complexity index is 677. The first kappa shape index (κ1) is 13.8. The highest BCUT2D eigenvalue weighted by Crippen LogP contribution is 2.25. The zero-order chi connectivity index (χ0) is 14.8. The predicted octanol–water partition coefficient (Wildman–Crippen LogP) is 4.54. The van der Waals surface area contributed by atoms with Crippen molar-refractivity contribution in [2.45, 2.75) is 19.6 Å². The molecule has 1 heterocycles. The fourth-order valence-corrected chi connectivity index (χ4v) is 2.75. The van der Waals surface area contributed by atoms with E-state index in [0.29, 0.717) is 6.54 Å². The fraction of sp³-hybridized carbons (Fsp3) is 0.158. The number of rotatable bonds is 4. The van der Waals surface area contributed by atoms with Gasteiger partial charge < -0.3 is 0 Å². The van der Waals surface area contributed by atoms with Crippen molar-refractivity contribution < 1.29 is 4.39 Å². The van der Waals surface area contributed by atoms with Gasteiger partial charge in [0.05, 0.1) is 0 Å². The normalized spacial score (nSPS) is 14.0. The van der Waals surface area contributed by atoms with Crippen molar-refractivity contribution in [1.82, 2.24) is 4.90 Å². The molecule has 2 aromatic rings. The Morgan fingerprint density at radius 3 is 2.38 bits per heavy atom. The summed E-state index contributed by atoms with van der Waals surface area (Å²) in [5.41, 5.74) is 4.94. The minimum atomic E-state index is -0.175. The third-order valence-corrected chi connectivity index (χ3v) is 3.97. The van der Waals surface area contributed by atoms with E-state index < -0.39 is 0 Å². The SMILES string of the molecule is C=CC(=C)c1ccc(CN2Cc3ccccc3C2)c(F)c1. The molecule has 1 aliphatic heterocycles. The summed E-state index contributed by atoms with van der Waals surface area (Å²) >= 11 is 0. The molecule has 0 fully saturated rings. The van der Waals surface area contributed by atoms with Crippen molar-refractivity contribution in [2.75, 3.05) is 0 Å². The summed E-state index contributed by atoms with van der Waals surface area (Å²) in [6, 6.07) is 13.7. The van der Waals surface area contributed by atoms with Gasteiger partial charge in [-0.05, 0) is 28.3 Å². The van der Waals surface area contributed by atoms with E-state index in [0.717, 1.165) is 29.8 Å². The van der Waals surface area contributed by atoms with Gasteiger partial charge in [0.2, 0.25) is 0 Å². The van der Waals surface area contributed by atoms with Crippen LogP contribution < -0.4 is 0 Å². The van der Waals surface area contributed by atoms with Crippen LogP contribution in [0.4, 0.5) is 4.39 Å². The number of halogens is 1. The summed E-state index contributed by atoms with van der Waals surface area (Å²) < 4.78 is 14.2. The van der Waals surface area contributed by atoms with Crippen LogP contribution in [0.1, 0.15) is 22.3 Å². The number of allylic oxidation sites excluding steroid dienone is 2. The molecule has 0 aromatic heterocycles. The number of hydrogen-bond acceptors (Lipinski definition) is 1. The molecule has 1 aliphatic rings. The summed E-state index contributed by atoms with van der Waals surface area (Å²) in [5.74, 6) is -0.175. The third kappa shape index (κ3) is 2.81. The average molecular weight is 279 g/mol. The second-order valence-electron chi connectivity index (χ2n) is 5.45. The Kier molecular flexibility index (Phi) is 3.72.